The van der Waals surface area contributed by atoms with Crippen LogP contribution in [0.2, 0.25) is 5.02 Å². The quantitative estimate of drug-likeness (QED) is 0.316. The molecule has 0 fully saturated rings. The topological polar surface area (TPSA) is 90.3 Å². The van der Waals surface area contributed by atoms with Gasteiger partial charge in [0.25, 0.3) is 11.5 Å². The largest absolute Gasteiger partial charge is 0.495 e. The smallest absolute Gasteiger partial charge is 0.266 e. The summed E-state index contributed by atoms with van der Waals surface area (Å²) in [5.74, 6) is -0.740. The standard InChI is InChI=1S/C25H20ClN3O4S/c1-15-12-20(21(33-2)13-18(15)26)29-24(32)17-10-6-7-11-19(17)27-25(29)34-14-22(30)28-23(31)16-8-4-3-5-9-16/h3-13H,14H2,1-2H3,(H,28,30,31). The van der Waals surface area contributed by atoms with E-state index in [-0.39, 0.29) is 16.5 Å². The van der Waals surface area contributed by atoms with E-state index in [1.54, 1.807) is 66.7 Å². The maximum absolute atomic E-state index is 13.5. The molecule has 0 aliphatic heterocycles. The number of thioether (sulfide) groups is 1. The third kappa shape index (κ3) is 4.83. The molecule has 1 aromatic heterocycles. The summed E-state index contributed by atoms with van der Waals surface area (Å²) in [6.45, 7) is 1.82. The summed E-state index contributed by atoms with van der Waals surface area (Å²) in [5, 5.41) is 3.56. The van der Waals surface area contributed by atoms with E-state index in [0.717, 1.165) is 17.3 Å². The summed E-state index contributed by atoms with van der Waals surface area (Å²) in [6, 6.07) is 18.8. The number of hydrogen-bond acceptors (Lipinski definition) is 6. The molecule has 0 aliphatic carbocycles. The lowest BCUT2D eigenvalue weighted by molar-refractivity contribution is -0.117. The van der Waals surface area contributed by atoms with Gasteiger partial charge in [0.1, 0.15) is 5.75 Å². The average molecular weight is 494 g/mol. The average Bonchev–Trinajstić information content (AvgIpc) is 2.85. The molecular formula is C25H20ClN3O4S. The molecular weight excluding hydrogens is 474 g/mol. The highest BCUT2D eigenvalue weighted by Crippen LogP contribution is 2.32. The number of fused-ring (bicyclic) bond motifs is 1. The van der Waals surface area contributed by atoms with Gasteiger partial charge in [-0.25, -0.2) is 4.98 Å². The van der Waals surface area contributed by atoms with Gasteiger partial charge in [-0.15, -0.1) is 0 Å². The summed E-state index contributed by atoms with van der Waals surface area (Å²) in [5.41, 5.74) is 1.77. The Morgan fingerprint density at radius 3 is 2.53 bits per heavy atom. The van der Waals surface area contributed by atoms with Gasteiger partial charge in [-0.3, -0.25) is 24.3 Å². The second-order valence-electron chi connectivity index (χ2n) is 7.36. The van der Waals surface area contributed by atoms with Gasteiger partial charge in [0, 0.05) is 16.7 Å². The van der Waals surface area contributed by atoms with Crippen molar-refractivity contribution >= 4 is 46.1 Å². The Bertz CT molecular complexity index is 1450. The molecule has 0 unspecified atom stereocenters. The molecule has 1 heterocycles. The third-order valence-corrected chi connectivity index (χ3v) is 6.41. The zero-order valence-electron chi connectivity index (χ0n) is 18.4. The van der Waals surface area contributed by atoms with Crippen LogP contribution in [0.15, 0.2) is 76.7 Å². The maximum Gasteiger partial charge on any atom is 0.266 e. The number of benzene rings is 3. The number of para-hydroxylation sites is 1. The van der Waals surface area contributed by atoms with E-state index in [1.807, 2.05) is 6.92 Å². The summed E-state index contributed by atoms with van der Waals surface area (Å²) in [4.78, 5) is 42.9. The first-order valence-electron chi connectivity index (χ1n) is 10.3. The van der Waals surface area contributed by atoms with Crippen LogP contribution in [-0.2, 0) is 4.79 Å². The Balaban J connectivity index is 1.71. The third-order valence-electron chi connectivity index (χ3n) is 5.07. The van der Waals surface area contributed by atoms with E-state index >= 15 is 0 Å². The molecule has 3 aromatic carbocycles. The summed E-state index contributed by atoms with van der Waals surface area (Å²) in [6.07, 6.45) is 0. The van der Waals surface area contributed by atoms with Crippen molar-refractivity contribution in [3.05, 3.63) is 93.2 Å². The van der Waals surface area contributed by atoms with E-state index < -0.39 is 11.8 Å². The number of aromatic nitrogens is 2. The van der Waals surface area contributed by atoms with E-state index in [1.165, 1.54) is 11.7 Å². The van der Waals surface area contributed by atoms with Crippen molar-refractivity contribution in [2.24, 2.45) is 0 Å². The lowest BCUT2D eigenvalue weighted by Crippen LogP contribution is -2.32. The van der Waals surface area contributed by atoms with Crippen molar-refractivity contribution in [1.82, 2.24) is 14.9 Å². The molecule has 0 spiro atoms. The Morgan fingerprint density at radius 2 is 1.79 bits per heavy atom. The number of ether oxygens (including phenoxy) is 1. The molecule has 4 aromatic rings. The minimum atomic E-state index is -0.507. The van der Waals surface area contributed by atoms with Gasteiger partial charge in [0.2, 0.25) is 5.91 Å². The summed E-state index contributed by atoms with van der Waals surface area (Å²) < 4.78 is 6.88. The first-order valence-corrected chi connectivity index (χ1v) is 11.6. The van der Waals surface area contributed by atoms with Gasteiger partial charge in [0.15, 0.2) is 5.16 Å². The molecule has 9 heteroatoms. The molecule has 0 saturated carbocycles. The van der Waals surface area contributed by atoms with Crippen molar-refractivity contribution in [2.75, 3.05) is 12.9 Å². The minimum Gasteiger partial charge on any atom is -0.495 e. The Labute approximate surface area is 204 Å². The predicted octanol–water partition coefficient (Wildman–Crippen LogP) is 4.40. The molecule has 0 aliphatic rings. The zero-order chi connectivity index (χ0) is 24.2. The SMILES string of the molecule is COc1cc(Cl)c(C)cc1-n1c(SCC(=O)NC(=O)c2ccccc2)nc2ccccc2c1=O. The van der Waals surface area contributed by atoms with Crippen LogP contribution in [0.4, 0.5) is 0 Å². The van der Waals surface area contributed by atoms with Gasteiger partial charge in [0.05, 0.1) is 29.5 Å². The van der Waals surface area contributed by atoms with Crippen LogP contribution in [0, 0.1) is 6.92 Å². The fraction of sp³-hybridized carbons (Fsp3) is 0.120. The van der Waals surface area contributed by atoms with Gasteiger partial charge in [-0.2, -0.15) is 0 Å². The first kappa shape index (κ1) is 23.5. The zero-order valence-corrected chi connectivity index (χ0v) is 19.9. The Morgan fingerprint density at radius 1 is 1.09 bits per heavy atom. The number of imide groups is 1. The van der Waals surface area contributed by atoms with Gasteiger partial charge in [-0.1, -0.05) is 53.7 Å². The summed E-state index contributed by atoms with van der Waals surface area (Å²) in [7, 11) is 1.49. The molecule has 2 amide bonds. The number of carbonyl (C=O) groups excluding carboxylic acids is 2. The number of nitrogens with zero attached hydrogens (tertiary/aromatic N) is 2. The fourth-order valence-corrected chi connectivity index (χ4v) is 4.32. The first-order chi connectivity index (χ1) is 16.4. The lowest BCUT2D eigenvalue weighted by atomic mass is 10.2. The van der Waals surface area contributed by atoms with Crippen LogP contribution in [0.3, 0.4) is 0 Å². The molecule has 0 bridgehead atoms. The van der Waals surface area contributed by atoms with Crippen LogP contribution in [0.5, 0.6) is 5.75 Å². The molecule has 4 rings (SSSR count). The van der Waals surface area contributed by atoms with Crippen LogP contribution in [0.1, 0.15) is 15.9 Å². The fourth-order valence-electron chi connectivity index (χ4n) is 3.36. The number of hydrogen-bond donors (Lipinski definition) is 1. The van der Waals surface area contributed by atoms with Crippen LogP contribution < -0.4 is 15.6 Å². The van der Waals surface area contributed by atoms with Crippen LogP contribution in [0.25, 0.3) is 16.6 Å². The number of aryl methyl sites for hydroxylation is 1. The second-order valence-corrected chi connectivity index (χ2v) is 8.71. The van der Waals surface area contributed by atoms with Crippen molar-refractivity contribution in [1.29, 1.82) is 0 Å². The van der Waals surface area contributed by atoms with E-state index in [4.69, 9.17) is 16.3 Å². The van der Waals surface area contributed by atoms with E-state index in [0.29, 0.717) is 32.9 Å². The number of halogens is 1. The predicted molar refractivity (Wildman–Crippen MR) is 133 cm³/mol. The highest BCUT2D eigenvalue weighted by atomic mass is 35.5. The Hall–Kier alpha value is -3.62. The van der Waals surface area contributed by atoms with Crippen molar-refractivity contribution < 1.29 is 14.3 Å². The van der Waals surface area contributed by atoms with Gasteiger partial charge < -0.3 is 4.74 Å². The van der Waals surface area contributed by atoms with Crippen LogP contribution >= 0.6 is 23.4 Å². The number of methoxy groups -OCH3 is 1. The van der Waals surface area contributed by atoms with Gasteiger partial charge in [-0.05, 0) is 42.8 Å². The number of amides is 2. The van der Waals surface area contributed by atoms with Crippen molar-refractivity contribution in [3.63, 3.8) is 0 Å². The molecule has 0 saturated heterocycles. The molecule has 0 atom stereocenters. The van der Waals surface area contributed by atoms with Crippen LogP contribution in [-0.4, -0.2) is 34.2 Å². The van der Waals surface area contributed by atoms with E-state index in [2.05, 4.69) is 10.3 Å². The number of rotatable bonds is 6. The van der Waals surface area contributed by atoms with Crippen molar-refractivity contribution in [3.8, 4) is 11.4 Å². The Kier molecular flexibility index (Phi) is 7.00. The number of carbonyl (C=O) groups is 2. The normalized spacial score (nSPS) is 10.8. The highest BCUT2D eigenvalue weighted by Gasteiger charge is 2.19. The molecule has 7 nitrogen and oxygen atoms in total. The lowest BCUT2D eigenvalue weighted by Gasteiger charge is -2.17. The molecule has 172 valence electrons. The molecule has 1 N–H and O–H groups in total. The minimum absolute atomic E-state index is 0.127. The highest BCUT2D eigenvalue weighted by molar-refractivity contribution is 7.99. The monoisotopic (exact) mass is 493 g/mol. The second kappa shape index (κ2) is 10.1. The number of nitrogens with one attached hydrogen (secondary N) is 1. The maximum atomic E-state index is 13.5. The molecule has 34 heavy (non-hydrogen) atoms. The van der Waals surface area contributed by atoms with E-state index in [9.17, 15) is 14.4 Å². The summed E-state index contributed by atoms with van der Waals surface area (Å²) >= 11 is 7.30. The van der Waals surface area contributed by atoms with Gasteiger partial charge >= 0.3 is 0 Å². The van der Waals surface area contributed by atoms with Crippen molar-refractivity contribution in [2.45, 2.75) is 12.1 Å². The molecule has 0 radical (unpaired) electrons.